The lowest BCUT2D eigenvalue weighted by Crippen LogP contribution is -1.81. The molecule has 0 aliphatic heterocycles. The molecule has 0 atom stereocenters. The van der Waals surface area contributed by atoms with Crippen molar-refractivity contribution < 1.29 is 4.74 Å². The van der Waals surface area contributed by atoms with Gasteiger partial charge in [0, 0.05) is 22.7 Å². The van der Waals surface area contributed by atoms with Gasteiger partial charge in [0.15, 0.2) is 0 Å². The lowest BCUT2D eigenvalue weighted by Gasteiger charge is -1.98. The van der Waals surface area contributed by atoms with E-state index >= 15 is 0 Å². The van der Waals surface area contributed by atoms with Gasteiger partial charge in [0.05, 0.1) is 7.11 Å². The summed E-state index contributed by atoms with van der Waals surface area (Å²) in [5.41, 5.74) is 1.91. The molecular weight excluding hydrogens is 162 g/mol. The van der Waals surface area contributed by atoms with Gasteiger partial charge in [-0.2, -0.15) is 0 Å². The van der Waals surface area contributed by atoms with Crippen molar-refractivity contribution in [1.29, 1.82) is 0 Å². The van der Waals surface area contributed by atoms with E-state index in [4.69, 9.17) is 11.2 Å². The van der Waals surface area contributed by atoms with E-state index < -0.39 is 0 Å². The zero-order valence-electron chi connectivity index (χ0n) is 7.29. The average molecular weight is 171 g/mol. The molecule has 2 nitrogen and oxygen atoms in total. The van der Waals surface area contributed by atoms with Crippen LogP contribution in [0.25, 0.3) is 10.9 Å². The molecule has 2 aromatic rings. The molecule has 0 bridgehead atoms. The zero-order valence-corrected chi connectivity index (χ0v) is 7.29. The standard InChI is InChI=1S/C11H9NO/c1-3-8-7-12-11-5-4-9(13-2)6-10(8)11/h1,4-7,12H,2H3. The van der Waals surface area contributed by atoms with Gasteiger partial charge in [0.2, 0.25) is 0 Å². The van der Waals surface area contributed by atoms with Crippen LogP contribution < -0.4 is 4.74 Å². The number of rotatable bonds is 1. The topological polar surface area (TPSA) is 25.0 Å². The van der Waals surface area contributed by atoms with Crippen LogP contribution in [-0.2, 0) is 0 Å². The molecule has 2 heteroatoms. The van der Waals surface area contributed by atoms with Crippen molar-refractivity contribution in [2.24, 2.45) is 0 Å². The second-order valence-electron chi connectivity index (χ2n) is 2.76. The summed E-state index contributed by atoms with van der Waals surface area (Å²) in [6.45, 7) is 0. The number of aromatic nitrogens is 1. The highest BCUT2D eigenvalue weighted by atomic mass is 16.5. The quantitative estimate of drug-likeness (QED) is 0.653. The Morgan fingerprint density at radius 3 is 3.00 bits per heavy atom. The van der Waals surface area contributed by atoms with Gasteiger partial charge >= 0.3 is 0 Å². The van der Waals surface area contributed by atoms with Crippen LogP contribution in [0, 0.1) is 12.3 Å². The Kier molecular flexibility index (Phi) is 1.71. The van der Waals surface area contributed by atoms with Crippen LogP contribution in [0.5, 0.6) is 5.75 Å². The summed E-state index contributed by atoms with van der Waals surface area (Å²) >= 11 is 0. The van der Waals surface area contributed by atoms with Crippen molar-refractivity contribution in [3.8, 4) is 18.1 Å². The Balaban J connectivity index is 2.73. The van der Waals surface area contributed by atoms with Gasteiger partial charge in [0.1, 0.15) is 5.75 Å². The molecule has 13 heavy (non-hydrogen) atoms. The molecule has 0 aliphatic carbocycles. The molecular formula is C11H9NO. The van der Waals surface area contributed by atoms with E-state index in [0.717, 1.165) is 22.2 Å². The molecule has 0 fully saturated rings. The Bertz CT molecular complexity index is 476. The first-order chi connectivity index (χ1) is 6.35. The molecule has 64 valence electrons. The number of methoxy groups -OCH3 is 1. The van der Waals surface area contributed by atoms with Gasteiger partial charge < -0.3 is 9.72 Å². The lowest BCUT2D eigenvalue weighted by molar-refractivity contribution is 0.415. The highest BCUT2D eigenvalue weighted by molar-refractivity contribution is 5.87. The number of ether oxygens (including phenoxy) is 1. The number of hydrogen-bond acceptors (Lipinski definition) is 1. The highest BCUT2D eigenvalue weighted by Gasteiger charge is 2.01. The number of nitrogens with one attached hydrogen (secondary N) is 1. The Labute approximate surface area is 76.5 Å². The second kappa shape index (κ2) is 2.87. The maximum Gasteiger partial charge on any atom is 0.119 e. The third-order valence-electron chi connectivity index (χ3n) is 2.04. The van der Waals surface area contributed by atoms with Crippen molar-refractivity contribution >= 4 is 10.9 Å². The van der Waals surface area contributed by atoms with E-state index in [1.165, 1.54) is 0 Å². The van der Waals surface area contributed by atoms with Gasteiger partial charge in [-0.15, -0.1) is 6.42 Å². The summed E-state index contributed by atoms with van der Waals surface area (Å²) in [4.78, 5) is 3.09. The van der Waals surface area contributed by atoms with Gasteiger partial charge in [-0.3, -0.25) is 0 Å². The largest absolute Gasteiger partial charge is 0.497 e. The maximum atomic E-state index is 5.34. The fraction of sp³-hybridized carbons (Fsp3) is 0.0909. The van der Waals surface area contributed by atoms with Crippen molar-refractivity contribution in [1.82, 2.24) is 4.98 Å². The minimum Gasteiger partial charge on any atom is -0.497 e. The summed E-state index contributed by atoms with van der Waals surface area (Å²) in [6.07, 6.45) is 7.16. The first-order valence-corrected chi connectivity index (χ1v) is 3.97. The first kappa shape index (κ1) is 7.75. The molecule has 0 unspecified atom stereocenters. The number of terminal acetylenes is 1. The maximum absolute atomic E-state index is 5.34. The summed E-state index contributed by atoms with van der Waals surface area (Å²) in [6, 6.07) is 5.79. The monoisotopic (exact) mass is 171 g/mol. The molecule has 0 radical (unpaired) electrons. The van der Waals surface area contributed by atoms with Gasteiger partial charge in [-0.05, 0) is 18.2 Å². The number of fused-ring (bicyclic) bond motifs is 1. The van der Waals surface area contributed by atoms with E-state index in [1.807, 2.05) is 24.4 Å². The van der Waals surface area contributed by atoms with E-state index in [-0.39, 0.29) is 0 Å². The van der Waals surface area contributed by atoms with Crippen molar-refractivity contribution in [3.63, 3.8) is 0 Å². The Morgan fingerprint density at radius 1 is 1.46 bits per heavy atom. The summed E-state index contributed by atoms with van der Waals surface area (Å²) in [5.74, 6) is 3.44. The molecule has 1 aromatic carbocycles. The molecule has 1 aromatic heterocycles. The second-order valence-corrected chi connectivity index (χ2v) is 2.76. The number of benzene rings is 1. The van der Waals surface area contributed by atoms with Gasteiger partial charge in [0.25, 0.3) is 0 Å². The minimum absolute atomic E-state index is 0.823. The molecule has 0 saturated heterocycles. The van der Waals surface area contributed by atoms with Crippen LogP contribution in [0.2, 0.25) is 0 Å². The molecule has 0 spiro atoms. The fourth-order valence-corrected chi connectivity index (χ4v) is 1.35. The van der Waals surface area contributed by atoms with Crippen LogP contribution in [-0.4, -0.2) is 12.1 Å². The average Bonchev–Trinajstić information content (AvgIpc) is 2.59. The van der Waals surface area contributed by atoms with E-state index in [2.05, 4.69) is 10.9 Å². The van der Waals surface area contributed by atoms with Gasteiger partial charge in [-0.25, -0.2) is 0 Å². The fourth-order valence-electron chi connectivity index (χ4n) is 1.35. The smallest absolute Gasteiger partial charge is 0.119 e. The number of H-pyrrole nitrogens is 1. The van der Waals surface area contributed by atoms with E-state index in [0.29, 0.717) is 0 Å². The molecule has 0 aliphatic rings. The third kappa shape index (κ3) is 1.15. The normalized spacial score (nSPS) is 9.85. The molecule has 0 saturated carbocycles. The summed E-state index contributed by atoms with van der Waals surface area (Å²) in [7, 11) is 1.64. The van der Waals surface area contributed by atoms with Crippen LogP contribution in [0.1, 0.15) is 5.56 Å². The minimum atomic E-state index is 0.823. The molecule has 2 rings (SSSR count). The molecule has 0 amide bonds. The van der Waals surface area contributed by atoms with Crippen LogP contribution in [0.15, 0.2) is 24.4 Å². The highest BCUT2D eigenvalue weighted by Crippen LogP contribution is 2.22. The summed E-state index contributed by atoms with van der Waals surface area (Å²) < 4.78 is 5.11. The zero-order chi connectivity index (χ0) is 9.26. The van der Waals surface area contributed by atoms with Crippen molar-refractivity contribution in [2.75, 3.05) is 7.11 Å². The molecule has 1 heterocycles. The Hall–Kier alpha value is -1.88. The van der Waals surface area contributed by atoms with Crippen molar-refractivity contribution in [3.05, 3.63) is 30.0 Å². The summed E-state index contributed by atoms with van der Waals surface area (Å²) in [5, 5.41) is 1.03. The Morgan fingerprint density at radius 2 is 2.31 bits per heavy atom. The third-order valence-corrected chi connectivity index (χ3v) is 2.04. The van der Waals surface area contributed by atoms with Crippen LogP contribution >= 0.6 is 0 Å². The molecule has 1 N–H and O–H groups in total. The predicted molar refractivity (Wildman–Crippen MR) is 52.8 cm³/mol. The predicted octanol–water partition coefficient (Wildman–Crippen LogP) is 2.16. The number of aromatic amines is 1. The van der Waals surface area contributed by atoms with Crippen LogP contribution in [0.4, 0.5) is 0 Å². The van der Waals surface area contributed by atoms with E-state index in [9.17, 15) is 0 Å². The van der Waals surface area contributed by atoms with E-state index in [1.54, 1.807) is 7.11 Å². The first-order valence-electron chi connectivity index (χ1n) is 3.97. The SMILES string of the molecule is C#Cc1c[nH]c2ccc(OC)cc12. The lowest BCUT2D eigenvalue weighted by atomic mass is 10.2. The van der Waals surface area contributed by atoms with Gasteiger partial charge in [-0.1, -0.05) is 5.92 Å². The number of hydrogen-bond donors (Lipinski definition) is 1. The van der Waals surface area contributed by atoms with Crippen molar-refractivity contribution in [2.45, 2.75) is 0 Å². The van der Waals surface area contributed by atoms with Crippen LogP contribution in [0.3, 0.4) is 0 Å².